The summed E-state index contributed by atoms with van der Waals surface area (Å²) in [7, 11) is 1.49. The summed E-state index contributed by atoms with van der Waals surface area (Å²) in [6.45, 7) is 0.273. The van der Waals surface area contributed by atoms with E-state index in [9.17, 15) is 19.5 Å². The summed E-state index contributed by atoms with van der Waals surface area (Å²) < 4.78 is 5.07. The molecule has 0 bridgehead atoms. The Morgan fingerprint density at radius 2 is 1.84 bits per heavy atom. The van der Waals surface area contributed by atoms with Gasteiger partial charge in [0.05, 0.1) is 37.1 Å². The zero-order chi connectivity index (χ0) is 22.6. The van der Waals surface area contributed by atoms with Gasteiger partial charge in [-0.2, -0.15) is 0 Å². The van der Waals surface area contributed by atoms with E-state index >= 15 is 0 Å². The van der Waals surface area contributed by atoms with Crippen molar-refractivity contribution in [3.63, 3.8) is 0 Å². The van der Waals surface area contributed by atoms with Gasteiger partial charge in [0.2, 0.25) is 17.7 Å². The standard InChI is InChI=1S/C23H22ClN3O5/c1-32-11-10-27-20(29)16-17(21(27)30)23(14-4-2-3-5-15(14)25-22(23)31)26-18(16)19(28)12-6-8-13(24)9-7-12/h2-9,16-19,26,28H,10-11H2,1H3,(H,25,31)/t16-,17-,18-,19+,23+/m0/s1. The Kier molecular flexibility index (Phi) is 5.05. The highest BCUT2D eigenvalue weighted by Crippen LogP contribution is 2.54. The molecule has 0 radical (unpaired) electrons. The zero-order valence-corrected chi connectivity index (χ0v) is 18.0. The van der Waals surface area contributed by atoms with Crippen LogP contribution >= 0.6 is 11.6 Å². The number of fused-ring (bicyclic) bond motifs is 4. The normalized spacial score (nSPS) is 29.4. The van der Waals surface area contributed by atoms with Crippen molar-refractivity contribution in [2.24, 2.45) is 11.8 Å². The molecule has 0 aliphatic carbocycles. The number of methoxy groups -OCH3 is 1. The number of hydrogen-bond donors (Lipinski definition) is 3. The van der Waals surface area contributed by atoms with Crippen LogP contribution in [0.2, 0.25) is 5.02 Å². The molecular weight excluding hydrogens is 434 g/mol. The van der Waals surface area contributed by atoms with Crippen molar-refractivity contribution >= 4 is 35.0 Å². The fourth-order valence-corrected chi connectivity index (χ4v) is 5.41. The van der Waals surface area contributed by atoms with Crippen LogP contribution in [0.15, 0.2) is 48.5 Å². The molecule has 0 aromatic heterocycles. The fourth-order valence-electron chi connectivity index (χ4n) is 5.29. The van der Waals surface area contributed by atoms with Gasteiger partial charge in [0.25, 0.3) is 0 Å². The van der Waals surface area contributed by atoms with Gasteiger partial charge in [-0.25, -0.2) is 0 Å². The van der Waals surface area contributed by atoms with Crippen LogP contribution in [0.3, 0.4) is 0 Å². The molecule has 0 unspecified atom stereocenters. The number of halogens is 1. The van der Waals surface area contributed by atoms with E-state index in [1.165, 1.54) is 7.11 Å². The van der Waals surface area contributed by atoms with Crippen LogP contribution in [0.4, 0.5) is 5.69 Å². The van der Waals surface area contributed by atoms with Gasteiger partial charge in [-0.1, -0.05) is 41.9 Å². The number of ether oxygens (including phenoxy) is 1. The number of imide groups is 1. The Balaban J connectivity index is 1.63. The highest BCUT2D eigenvalue weighted by atomic mass is 35.5. The summed E-state index contributed by atoms with van der Waals surface area (Å²) in [5.41, 5.74) is 0.264. The topological polar surface area (TPSA) is 108 Å². The maximum Gasteiger partial charge on any atom is 0.250 e. The molecule has 3 N–H and O–H groups in total. The Morgan fingerprint density at radius 3 is 2.56 bits per heavy atom. The molecule has 2 aromatic carbocycles. The molecular formula is C23H22ClN3O5. The van der Waals surface area contributed by atoms with E-state index in [0.717, 1.165) is 4.90 Å². The smallest absolute Gasteiger partial charge is 0.250 e. The van der Waals surface area contributed by atoms with Crippen molar-refractivity contribution in [3.05, 3.63) is 64.7 Å². The lowest BCUT2D eigenvalue weighted by Gasteiger charge is -2.30. The first-order valence-corrected chi connectivity index (χ1v) is 10.7. The number of rotatable bonds is 5. The van der Waals surface area contributed by atoms with Crippen molar-refractivity contribution in [3.8, 4) is 0 Å². The monoisotopic (exact) mass is 455 g/mol. The van der Waals surface area contributed by atoms with E-state index in [-0.39, 0.29) is 13.2 Å². The summed E-state index contributed by atoms with van der Waals surface area (Å²) >= 11 is 5.98. The molecule has 8 nitrogen and oxygen atoms in total. The number of anilines is 1. The summed E-state index contributed by atoms with van der Waals surface area (Å²) in [6, 6.07) is 12.9. The SMILES string of the molecule is COCCN1C(=O)[C@@H]2[C@@H]([C@H](O)c3ccc(Cl)cc3)N[C@@]3(C(=O)Nc4ccccc43)[C@@H]2C1=O. The van der Waals surface area contributed by atoms with E-state index < -0.39 is 47.2 Å². The third kappa shape index (κ3) is 2.84. The molecule has 166 valence electrons. The Labute approximate surface area is 189 Å². The minimum absolute atomic E-state index is 0.0876. The van der Waals surface area contributed by atoms with Crippen LogP contribution in [-0.4, -0.2) is 54.0 Å². The first-order chi connectivity index (χ1) is 15.4. The number of benzene rings is 2. The highest BCUT2D eigenvalue weighted by Gasteiger charge is 2.71. The van der Waals surface area contributed by atoms with Gasteiger partial charge in [-0.05, 0) is 23.8 Å². The molecule has 3 aliphatic rings. The summed E-state index contributed by atoms with van der Waals surface area (Å²) in [5.74, 6) is -3.17. The van der Waals surface area contributed by atoms with Gasteiger partial charge in [-0.3, -0.25) is 24.6 Å². The first kappa shape index (κ1) is 21.1. The number of para-hydroxylation sites is 1. The number of carbonyl (C=O) groups excluding carboxylic acids is 3. The van der Waals surface area contributed by atoms with E-state index in [1.54, 1.807) is 48.5 Å². The molecule has 1 spiro atoms. The average molecular weight is 456 g/mol. The molecule has 32 heavy (non-hydrogen) atoms. The molecule has 3 amide bonds. The number of hydrogen-bond acceptors (Lipinski definition) is 6. The molecule has 9 heteroatoms. The number of nitrogens with one attached hydrogen (secondary N) is 2. The summed E-state index contributed by atoms with van der Waals surface area (Å²) in [6.07, 6.45) is -1.14. The zero-order valence-electron chi connectivity index (χ0n) is 17.2. The second-order valence-electron chi connectivity index (χ2n) is 8.30. The minimum atomic E-state index is -1.45. The van der Waals surface area contributed by atoms with Crippen molar-refractivity contribution < 1.29 is 24.2 Å². The van der Waals surface area contributed by atoms with Crippen LogP contribution < -0.4 is 10.6 Å². The van der Waals surface area contributed by atoms with Gasteiger partial charge >= 0.3 is 0 Å². The van der Waals surface area contributed by atoms with Gasteiger partial charge in [-0.15, -0.1) is 0 Å². The molecule has 2 saturated heterocycles. The molecule has 0 saturated carbocycles. The molecule has 3 aliphatic heterocycles. The predicted molar refractivity (Wildman–Crippen MR) is 116 cm³/mol. The van der Waals surface area contributed by atoms with Crippen LogP contribution in [-0.2, 0) is 24.7 Å². The van der Waals surface area contributed by atoms with Crippen molar-refractivity contribution in [1.29, 1.82) is 0 Å². The van der Waals surface area contributed by atoms with E-state index in [4.69, 9.17) is 16.3 Å². The van der Waals surface area contributed by atoms with Crippen LogP contribution in [0, 0.1) is 11.8 Å². The molecule has 2 aromatic rings. The van der Waals surface area contributed by atoms with Crippen LogP contribution in [0.5, 0.6) is 0 Å². The Bertz CT molecular complexity index is 1110. The lowest BCUT2D eigenvalue weighted by atomic mass is 9.76. The second kappa shape index (κ2) is 7.67. The number of aliphatic hydroxyl groups excluding tert-OH is 1. The highest BCUT2D eigenvalue weighted by molar-refractivity contribution is 6.30. The third-order valence-corrected chi connectivity index (χ3v) is 6.97. The Morgan fingerprint density at radius 1 is 1.12 bits per heavy atom. The van der Waals surface area contributed by atoms with Crippen molar-refractivity contribution in [2.45, 2.75) is 17.7 Å². The van der Waals surface area contributed by atoms with Gasteiger partial charge in [0.1, 0.15) is 5.54 Å². The minimum Gasteiger partial charge on any atom is -0.387 e. The van der Waals surface area contributed by atoms with Crippen LogP contribution in [0.1, 0.15) is 17.2 Å². The number of carbonyl (C=O) groups is 3. The van der Waals surface area contributed by atoms with Gasteiger partial charge < -0.3 is 15.2 Å². The van der Waals surface area contributed by atoms with E-state index in [1.807, 2.05) is 0 Å². The number of nitrogens with zero attached hydrogens (tertiary/aromatic N) is 1. The molecule has 2 fully saturated rings. The number of aliphatic hydroxyl groups is 1. The third-order valence-electron chi connectivity index (χ3n) is 6.72. The molecule has 3 heterocycles. The summed E-state index contributed by atoms with van der Waals surface area (Å²) in [5, 5.41) is 17.8. The maximum absolute atomic E-state index is 13.5. The maximum atomic E-state index is 13.5. The molecule has 5 atom stereocenters. The van der Waals surface area contributed by atoms with Gasteiger partial charge in [0.15, 0.2) is 0 Å². The Hall–Kier alpha value is -2.78. The van der Waals surface area contributed by atoms with Gasteiger partial charge in [0, 0.05) is 23.4 Å². The molecule has 5 rings (SSSR count). The lowest BCUT2D eigenvalue weighted by Crippen LogP contribution is -2.54. The first-order valence-electron chi connectivity index (χ1n) is 10.4. The lowest BCUT2D eigenvalue weighted by molar-refractivity contribution is -0.143. The largest absolute Gasteiger partial charge is 0.387 e. The predicted octanol–water partition coefficient (Wildman–Crippen LogP) is 1.44. The summed E-state index contributed by atoms with van der Waals surface area (Å²) in [4.78, 5) is 41.4. The van der Waals surface area contributed by atoms with E-state index in [2.05, 4.69) is 10.6 Å². The van der Waals surface area contributed by atoms with Crippen molar-refractivity contribution in [2.75, 3.05) is 25.6 Å². The quantitative estimate of drug-likeness (QED) is 0.589. The number of amides is 3. The second-order valence-corrected chi connectivity index (χ2v) is 8.74. The van der Waals surface area contributed by atoms with Crippen LogP contribution in [0.25, 0.3) is 0 Å². The van der Waals surface area contributed by atoms with E-state index in [0.29, 0.717) is 21.8 Å². The fraction of sp³-hybridized carbons (Fsp3) is 0.348. The van der Waals surface area contributed by atoms with Crippen molar-refractivity contribution in [1.82, 2.24) is 10.2 Å². The number of likely N-dealkylation sites (tertiary alicyclic amines) is 1. The average Bonchev–Trinajstić information content (AvgIpc) is 3.38.